The molecule has 0 aliphatic heterocycles. The quantitative estimate of drug-likeness (QED) is 0.588. The van der Waals surface area contributed by atoms with Crippen LogP contribution < -0.4 is 4.72 Å². The second kappa shape index (κ2) is 11.2. The fourth-order valence-corrected chi connectivity index (χ4v) is 3.49. The predicted octanol–water partition coefficient (Wildman–Crippen LogP) is 3.03. The lowest BCUT2D eigenvalue weighted by atomic mass is 10.1. The number of hydrogen-bond acceptors (Lipinski definition) is 4. The van der Waals surface area contributed by atoms with Gasteiger partial charge in [0.15, 0.2) is 0 Å². The van der Waals surface area contributed by atoms with Crippen LogP contribution in [0.3, 0.4) is 0 Å². The molecule has 0 bridgehead atoms. The Labute approximate surface area is 146 Å². The summed E-state index contributed by atoms with van der Waals surface area (Å²) >= 11 is 0. The SMILES string of the molecule is CCCCN(CC)Cc1cccc(CNS(=O)(=O)CCCC#N)c1. The molecular formula is C18H29N3O2S. The van der Waals surface area contributed by atoms with Crippen molar-refractivity contribution in [1.82, 2.24) is 9.62 Å². The van der Waals surface area contributed by atoms with Gasteiger partial charge in [-0.1, -0.05) is 44.5 Å². The third-order valence-electron chi connectivity index (χ3n) is 3.87. The van der Waals surface area contributed by atoms with Crippen LogP contribution >= 0.6 is 0 Å². The average molecular weight is 352 g/mol. The summed E-state index contributed by atoms with van der Waals surface area (Å²) in [4.78, 5) is 2.40. The highest BCUT2D eigenvalue weighted by atomic mass is 32.2. The molecule has 0 aromatic heterocycles. The van der Waals surface area contributed by atoms with Crippen molar-refractivity contribution in [1.29, 1.82) is 5.26 Å². The van der Waals surface area contributed by atoms with Crippen molar-refractivity contribution in [2.24, 2.45) is 0 Å². The number of sulfonamides is 1. The minimum atomic E-state index is -3.32. The lowest BCUT2D eigenvalue weighted by Crippen LogP contribution is -2.26. The Morgan fingerprint density at radius 3 is 2.62 bits per heavy atom. The van der Waals surface area contributed by atoms with Gasteiger partial charge >= 0.3 is 0 Å². The Morgan fingerprint density at radius 1 is 1.21 bits per heavy atom. The lowest BCUT2D eigenvalue weighted by molar-refractivity contribution is 0.275. The smallest absolute Gasteiger partial charge is 0.211 e. The molecule has 134 valence electrons. The fourth-order valence-electron chi connectivity index (χ4n) is 2.43. The standard InChI is InChI=1S/C18H29N3O2S/c1-3-5-12-21(4-2)16-18-10-8-9-17(14-18)15-20-24(22,23)13-7-6-11-19/h8-10,14,20H,3-7,12-13,15-16H2,1-2H3. The number of nitrogens with zero attached hydrogens (tertiary/aromatic N) is 2. The zero-order valence-corrected chi connectivity index (χ0v) is 15.6. The Kier molecular flexibility index (Phi) is 9.62. The third-order valence-corrected chi connectivity index (χ3v) is 5.28. The molecule has 0 saturated carbocycles. The van der Waals surface area contributed by atoms with Crippen LogP contribution in [0.2, 0.25) is 0 Å². The first-order valence-electron chi connectivity index (χ1n) is 8.65. The van der Waals surface area contributed by atoms with E-state index in [0.29, 0.717) is 13.0 Å². The maximum atomic E-state index is 11.9. The number of nitrogens with one attached hydrogen (secondary N) is 1. The molecule has 1 aromatic rings. The Morgan fingerprint density at radius 2 is 1.96 bits per heavy atom. The summed E-state index contributed by atoms with van der Waals surface area (Å²) in [6, 6.07) is 10.0. The first-order valence-corrected chi connectivity index (χ1v) is 10.3. The van der Waals surface area contributed by atoms with E-state index in [1.807, 2.05) is 18.2 Å². The molecule has 0 amide bonds. The number of nitriles is 1. The maximum Gasteiger partial charge on any atom is 0.211 e. The van der Waals surface area contributed by atoms with Crippen molar-refractivity contribution in [3.8, 4) is 6.07 Å². The predicted molar refractivity (Wildman–Crippen MR) is 97.8 cm³/mol. The highest BCUT2D eigenvalue weighted by molar-refractivity contribution is 7.89. The largest absolute Gasteiger partial charge is 0.299 e. The van der Waals surface area contributed by atoms with Crippen LogP contribution in [0.5, 0.6) is 0 Å². The van der Waals surface area contributed by atoms with Crippen molar-refractivity contribution in [3.63, 3.8) is 0 Å². The van der Waals surface area contributed by atoms with Gasteiger partial charge < -0.3 is 0 Å². The van der Waals surface area contributed by atoms with Gasteiger partial charge in [-0.3, -0.25) is 4.90 Å². The van der Waals surface area contributed by atoms with Crippen molar-refractivity contribution in [2.45, 2.75) is 52.6 Å². The molecular weight excluding hydrogens is 322 g/mol. The van der Waals surface area contributed by atoms with E-state index >= 15 is 0 Å². The van der Waals surface area contributed by atoms with E-state index in [1.54, 1.807) is 0 Å². The van der Waals surface area contributed by atoms with Crippen LogP contribution in [0.4, 0.5) is 0 Å². The summed E-state index contributed by atoms with van der Waals surface area (Å²) in [6.45, 7) is 7.63. The van der Waals surface area contributed by atoms with E-state index in [0.717, 1.165) is 25.2 Å². The Balaban J connectivity index is 2.57. The second-order valence-corrected chi connectivity index (χ2v) is 7.87. The number of unbranched alkanes of at least 4 members (excludes halogenated alkanes) is 2. The summed E-state index contributed by atoms with van der Waals surface area (Å²) in [5.74, 6) is 0.000874. The fraction of sp³-hybridized carbons (Fsp3) is 0.611. The molecule has 0 fully saturated rings. The van der Waals surface area contributed by atoms with Crippen LogP contribution in [0.1, 0.15) is 50.7 Å². The summed E-state index contributed by atoms with van der Waals surface area (Å²) < 4.78 is 26.4. The van der Waals surface area contributed by atoms with E-state index in [-0.39, 0.29) is 12.2 Å². The minimum absolute atomic E-state index is 0.000874. The van der Waals surface area contributed by atoms with E-state index in [1.165, 1.54) is 18.4 Å². The first-order chi connectivity index (χ1) is 11.5. The Hall–Kier alpha value is -1.42. The molecule has 0 saturated heterocycles. The highest BCUT2D eigenvalue weighted by Crippen LogP contribution is 2.10. The molecule has 0 spiro atoms. The van der Waals surface area contributed by atoms with Crippen molar-refractivity contribution in [3.05, 3.63) is 35.4 Å². The number of hydrogen-bond donors (Lipinski definition) is 1. The summed E-state index contributed by atoms with van der Waals surface area (Å²) in [7, 11) is -3.32. The molecule has 6 heteroatoms. The zero-order valence-electron chi connectivity index (χ0n) is 14.8. The summed E-state index contributed by atoms with van der Waals surface area (Å²) in [5, 5.41) is 8.48. The molecule has 1 rings (SSSR count). The van der Waals surface area contributed by atoms with Crippen LogP contribution in [-0.2, 0) is 23.1 Å². The third kappa shape index (κ3) is 8.44. The summed E-state index contributed by atoms with van der Waals surface area (Å²) in [6.07, 6.45) is 3.01. The van der Waals surface area contributed by atoms with Gasteiger partial charge in [-0.2, -0.15) is 5.26 Å². The van der Waals surface area contributed by atoms with E-state index in [2.05, 4.69) is 35.6 Å². The molecule has 0 aliphatic rings. The van der Waals surface area contributed by atoms with Crippen molar-refractivity contribution < 1.29 is 8.42 Å². The second-order valence-electron chi connectivity index (χ2n) is 5.94. The van der Waals surface area contributed by atoms with Gasteiger partial charge in [0.1, 0.15) is 0 Å². The zero-order chi connectivity index (χ0) is 17.8. The van der Waals surface area contributed by atoms with E-state index in [4.69, 9.17) is 5.26 Å². The maximum absolute atomic E-state index is 11.9. The van der Waals surface area contributed by atoms with Crippen molar-refractivity contribution >= 4 is 10.0 Å². The normalized spacial score (nSPS) is 11.6. The highest BCUT2D eigenvalue weighted by Gasteiger charge is 2.10. The monoisotopic (exact) mass is 351 g/mol. The van der Waals surface area contributed by atoms with Crippen molar-refractivity contribution in [2.75, 3.05) is 18.8 Å². The van der Waals surface area contributed by atoms with Gasteiger partial charge in [0, 0.05) is 19.5 Å². The van der Waals surface area contributed by atoms with Crippen LogP contribution in [0.15, 0.2) is 24.3 Å². The van der Waals surface area contributed by atoms with E-state index < -0.39 is 10.0 Å². The minimum Gasteiger partial charge on any atom is -0.299 e. The molecule has 0 unspecified atom stereocenters. The number of rotatable bonds is 12. The molecule has 0 atom stereocenters. The average Bonchev–Trinajstić information content (AvgIpc) is 2.57. The first kappa shape index (κ1) is 20.6. The lowest BCUT2D eigenvalue weighted by Gasteiger charge is -2.20. The van der Waals surface area contributed by atoms with E-state index in [9.17, 15) is 8.42 Å². The summed E-state index contributed by atoms with van der Waals surface area (Å²) in [5.41, 5.74) is 2.16. The molecule has 0 radical (unpaired) electrons. The van der Waals surface area contributed by atoms with Gasteiger partial charge in [0.05, 0.1) is 11.8 Å². The van der Waals surface area contributed by atoms with Gasteiger partial charge in [-0.05, 0) is 37.1 Å². The van der Waals surface area contributed by atoms with Crippen LogP contribution in [-0.4, -0.2) is 32.2 Å². The Bertz CT molecular complexity index is 623. The molecule has 1 N–H and O–H groups in total. The molecule has 0 heterocycles. The molecule has 5 nitrogen and oxygen atoms in total. The molecule has 24 heavy (non-hydrogen) atoms. The van der Waals surface area contributed by atoms with Crippen LogP contribution in [0.25, 0.3) is 0 Å². The topological polar surface area (TPSA) is 73.2 Å². The van der Waals surface area contributed by atoms with Gasteiger partial charge in [0.2, 0.25) is 10.0 Å². The van der Waals surface area contributed by atoms with Crippen LogP contribution in [0, 0.1) is 11.3 Å². The number of benzene rings is 1. The van der Waals surface area contributed by atoms with Gasteiger partial charge in [0.25, 0.3) is 0 Å². The molecule has 0 aliphatic carbocycles. The van der Waals surface area contributed by atoms with Gasteiger partial charge in [-0.25, -0.2) is 13.1 Å². The molecule has 1 aromatic carbocycles. The van der Waals surface area contributed by atoms with Gasteiger partial charge in [-0.15, -0.1) is 0 Å².